The summed E-state index contributed by atoms with van der Waals surface area (Å²) in [6.45, 7) is 1.46. The molecule has 0 saturated heterocycles. The quantitative estimate of drug-likeness (QED) is 0.681. The number of ether oxygens (including phenoxy) is 4. The Labute approximate surface area is 168 Å². The first-order chi connectivity index (χ1) is 13.9. The van der Waals surface area contributed by atoms with E-state index < -0.39 is 18.0 Å². The van der Waals surface area contributed by atoms with Crippen molar-refractivity contribution >= 4 is 17.6 Å². The van der Waals surface area contributed by atoms with Gasteiger partial charge in [-0.25, -0.2) is 0 Å². The maximum absolute atomic E-state index is 12.3. The van der Waals surface area contributed by atoms with Crippen molar-refractivity contribution in [2.75, 3.05) is 26.6 Å². The molecule has 0 spiro atoms. The summed E-state index contributed by atoms with van der Waals surface area (Å²) < 4.78 is 21.0. The van der Waals surface area contributed by atoms with E-state index in [1.54, 1.807) is 36.4 Å². The molecule has 8 heteroatoms. The Hall–Kier alpha value is -3.73. The zero-order valence-corrected chi connectivity index (χ0v) is 16.6. The van der Waals surface area contributed by atoms with Gasteiger partial charge >= 0.3 is 5.97 Å². The first-order valence-corrected chi connectivity index (χ1v) is 8.71. The van der Waals surface area contributed by atoms with Crippen LogP contribution in [-0.4, -0.2) is 39.3 Å². The van der Waals surface area contributed by atoms with E-state index >= 15 is 0 Å². The summed E-state index contributed by atoms with van der Waals surface area (Å²) >= 11 is 0. The van der Waals surface area contributed by atoms with E-state index in [9.17, 15) is 9.59 Å². The van der Waals surface area contributed by atoms with Crippen molar-refractivity contribution in [3.8, 4) is 23.3 Å². The number of carbonyl (C=O) groups is 2. The number of methoxy groups -OCH3 is 3. The maximum atomic E-state index is 12.3. The zero-order valence-electron chi connectivity index (χ0n) is 16.6. The number of hydrogen-bond donors (Lipinski definition) is 1. The minimum absolute atomic E-state index is 0.0941. The predicted octanol–water partition coefficient (Wildman–Crippen LogP) is 2.70. The molecule has 0 radical (unpaired) electrons. The summed E-state index contributed by atoms with van der Waals surface area (Å²) in [5, 5.41) is 11.7. The topological polar surface area (TPSA) is 107 Å². The van der Waals surface area contributed by atoms with Gasteiger partial charge in [0.25, 0.3) is 5.91 Å². The number of nitrogens with one attached hydrogen (secondary N) is 1. The minimum atomic E-state index is -1.05. The van der Waals surface area contributed by atoms with Gasteiger partial charge in [0, 0.05) is 0 Å². The Kier molecular flexibility index (Phi) is 7.43. The van der Waals surface area contributed by atoms with Crippen molar-refractivity contribution in [3.05, 3.63) is 47.5 Å². The summed E-state index contributed by atoms with van der Waals surface area (Å²) in [5.41, 5.74) is 1.25. The molecule has 0 aromatic heterocycles. The van der Waals surface area contributed by atoms with Crippen LogP contribution in [0.1, 0.15) is 18.1 Å². The standard InChI is InChI=1S/C21H22N2O6/c1-13(21(25)23-16-8-6-5-7-15(16)12-22)29-19(24)11-14-9-17(26-2)20(28-4)18(10-14)27-3/h5-10,13H,11H2,1-4H3,(H,23,25)/t13-/m0/s1. The van der Waals surface area contributed by atoms with Crippen LogP contribution in [0.25, 0.3) is 0 Å². The zero-order chi connectivity index (χ0) is 21.4. The Morgan fingerprint density at radius 3 is 2.24 bits per heavy atom. The predicted molar refractivity (Wildman–Crippen MR) is 105 cm³/mol. The van der Waals surface area contributed by atoms with Crippen molar-refractivity contribution in [1.82, 2.24) is 0 Å². The van der Waals surface area contributed by atoms with Crippen molar-refractivity contribution in [3.63, 3.8) is 0 Å². The monoisotopic (exact) mass is 398 g/mol. The highest BCUT2D eigenvalue weighted by Gasteiger charge is 2.20. The first kappa shape index (κ1) is 21.6. The van der Waals surface area contributed by atoms with Crippen LogP contribution >= 0.6 is 0 Å². The first-order valence-electron chi connectivity index (χ1n) is 8.71. The van der Waals surface area contributed by atoms with Gasteiger partial charge in [0.15, 0.2) is 17.6 Å². The molecule has 2 aromatic rings. The number of para-hydroxylation sites is 1. The SMILES string of the molecule is COc1cc(CC(=O)O[C@@H](C)C(=O)Nc2ccccc2C#N)cc(OC)c1OC. The molecule has 0 saturated carbocycles. The molecule has 0 bridgehead atoms. The third-order valence-corrected chi connectivity index (χ3v) is 4.06. The molecule has 0 fully saturated rings. The average molecular weight is 398 g/mol. The lowest BCUT2D eigenvalue weighted by Crippen LogP contribution is -2.30. The summed E-state index contributed by atoms with van der Waals surface area (Å²) in [6.07, 6.45) is -1.14. The van der Waals surface area contributed by atoms with Crippen LogP contribution in [-0.2, 0) is 20.7 Å². The van der Waals surface area contributed by atoms with Gasteiger partial charge in [0.1, 0.15) is 6.07 Å². The van der Waals surface area contributed by atoms with Gasteiger partial charge in [-0.05, 0) is 36.8 Å². The molecule has 8 nitrogen and oxygen atoms in total. The lowest BCUT2D eigenvalue weighted by atomic mass is 10.1. The fourth-order valence-corrected chi connectivity index (χ4v) is 2.62. The molecule has 2 rings (SSSR count). The number of nitriles is 1. The Morgan fingerprint density at radius 2 is 1.69 bits per heavy atom. The van der Waals surface area contributed by atoms with Crippen molar-refractivity contribution < 1.29 is 28.5 Å². The Bertz CT molecular complexity index is 910. The van der Waals surface area contributed by atoms with E-state index in [2.05, 4.69) is 5.32 Å². The van der Waals surface area contributed by atoms with Gasteiger partial charge in [-0.15, -0.1) is 0 Å². The van der Waals surface area contributed by atoms with Gasteiger partial charge < -0.3 is 24.3 Å². The Morgan fingerprint density at radius 1 is 1.07 bits per heavy atom. The third-order valence-electron chi connectivity index (χ3n) is 4.06. The largest absolute Gasteiger partial charge is 0.493 e. The number of anilines is 1. The second-order valence-corrected chi connectivity index (χ2v) is 5.99. The number of benzene rings is 2. The van der Waals surface area contributed by atoms with Gasteiger partial charge in [-0.1, -0.05) is 12.1 Å². The van der Waals surface area contributed by atoms with Gasteiger partial charge in [0.05, 0.1) is 39.0 Å². The molecule has 1 atom stereocenters. The fourth-order valence-electron chi connectivity index (χ4n) is 2.62. The van der Waals surface area contributed by atoms with Crippen molar-refractivity contribution in [2.45, 2.75) is 19.4 Å². The van der Waals surface area contributed by atoms with Crippen LogP contribution in [0.2, 0.25) is 0 Å². The lowest BCUT2D eigenvalue weighted by Gasteiger charge is -2.16. The molecule has 0 aliphatic carbocycles. The number of hydrogen-bond acceptors (Lipinski definition) is 7. The highest BCUT2D eigenvalue weighted by atomic mass is 16.5. The van der Waals surface area contributed by atoms with Gasteiger partial charge in [0.2, 0.25) is 5.75 Å². The van der Waals surface area contributed by atoms with Gasteiger partial charge in [-0.2, -0.15) is 5.26 Å². The molecule has 152 valence electrons. The van der Waals surface area contributed by atoms with Crippen LogP contribution in [0.4, 0.5) is 5.69 Å². The number of esters is 1. The second kappa shape index (κ2) is 9.99. The highest BCUT2D eigenvalue weighted by molar-refractivity contribution is 5.96. The molecule has 29 heavy (non-hydrogen) atoms. The van der Waals surface area contributed by atoms with Crippen LogP contribution in [0.5, 0.6) is 17.2 Å². The van der Waals surface area contributed by atoms with Crippen molar-refractivity contribution in [1.29, 1.82) is 5.26 Å². The fraction of sp³-hybridized carbons (Fsp3) is 0.286. The van der Waals surface area contributed by atoms with Gasteiger partial charge in [-0.3, -0.25) is 9.59 Å². The molecule has 0 aliphatic rings. The normalized spacial score (nSPS) is 11.0. The molecule has 1 N–H and O–H groups in total. The molecule has 0 heterocycles. The number of nitrogens with zero attached hydrogens (tertiary/aromatic N) is 1. The molecule has 1 amide bonds. The van der Waals surface area contributed by atoms with E-state index in [4.69, 9.17) is 24.2 Å². The molecular formula is C21H22N2O6. The summed E-state index contributed by atoms with van der Waals surface area (Å²) in [4.78, 5) is 24.6. The summed E-state index contributed by atoms with van der Waals surface area (Å²) in [6, 6.07) is 11.8. The molecular weight excluding hydrogens is 376 g/mol. The van der Waals surface area contributed by atoms with Crippen LogP contribution in [0.15, 0.2) is 36.4 Å². The van der Waals surface area contributed by atoms with Crippen LogP contribution in [0, 0.1) is 11.3 Å². The lowest BCUT2D eigenvalue weighted by molar-refractivity contribution is -0.152. The molecule has 2 aromatic carbocycles. The van der Waals surface area contributed by atoms with Crippen LogP contribution < -0.4 is 19.5 Å². The number of rotatable bonds is 8. The number of amides is 1. The maximum Gasteiger partial charge on any atom is 0.311 e. The number of carbonyl (C=O) groups excluding carboxylic acids is 2. The highest BCUT2D eigenvalue weighted by Crippen LogP contribution is 2.38. The van der Waals surface area contributed by atoms with E-state index in [1.807, 2.05) is 6.07 Å². The van der Waals surface area contributed by atoms with E-state index in [1.165, 1.54) is 28.3 Å². The minimum Gasteiger partial charge on any atom is -0.493 e. The summed E-state index contributed by atoms with van der Waals surface area (Å²) in [7, 11) is 4.44. The second-order valence-electron chi connectivity index (χ2n) is 5.99. The van der Waals surface area contributed by atoms with Crippen LogP contribution in [0.3, 0.4) is 0 Å². The summed E-state index contributed by atoms with van der Waals surface area (Å²) in [5.74, 6) is 0.0968. The average Bonchev–Trinajstić information content (AvgIpc) is 2.72. The smallest absolute Gasteiger partial charge is 0.311 e. The Balaban J connectivity index is 2.05. The van der Waals surface area contributed by atoms with E-state index in [0.717, 1.165) is 0 Å². The molecule has 0 unspecified atom stereocenters. The molecule has 0 aliphatic heterocycles. The van der Waals surface area contributed by atoms with E-state index in [-0.39, 0.29) is 6.42 Å². The van der Waals surface area contributed by atoms with E-state index in [0.29, 0.717) is 34.1 Å². The van der Waals surface area contributed by atoms with Crippen molar-refractivity contribution in [2.24, 2.45) is 0 Å². The third kappa shape index (κ3) is 5.39.